The van der Waals surface area contributed by atoms with Crippen LogP contribution in [0.3, 0.4) is 0 Å². The van der Waals surface area contributed by atoms with E-state index in [4.69, 9.17) is 4.74 Å². The molecule has 0 atom stereocenters. The number of nitrogens with one attached hydrogen (secondary N) is 1. The van der Waals surface area contributed by atoms with Crippen molar-refractivity contribution in [3.63, 3.8) is 0 Å². The number of benzene rings is 2. The summed E-state index contributed by atoms with van der Waals surface area (Å²) in [5.41, 5.74) is 2.42. The number of hydrogen-bond acceptors (Lipinski definition) is 4. The maximum absolute atomic E-state index is 5.38. The van der Waals surface area contributed by atoms with Gasteiger partial charge >= 0.3 is 0 Å². The van der Waals surface area contributed by atoms with Gasteiger partial charge in [0.2, 0.25) is 0 Å². The van der Waals surface area contributed by atoms with Crippen LogP contribution in [-0.2, 0) is 13.0 Å². The molecule has 0 aliphatic carbocycles. The maximum atomic E-state index is 5.38. The molecule has 0 fully saturated rings. The third-order valence-electron chi connectivity index (χ3n) is 3.70. The van der Waals surface area contributed by atoms with Crippen LogP contribution in [-0.4, -0.2) is 18.6 Å². The number of halogens is 1. The average molecular weight is 403 g/mol. The highest BCUT2D eigenvalue weighted by Crippen LogP contribution is 2.28. The molecule has 124 valence electrons. The van der Waals surface area contributed by atoms with Gasteiger partial charge in [-0.1, -0.05) is 46.3 Å². The second kappa shape index (κ2) is 8.42. The largest absolute Gasteiger partial charge is 0.496 e. The van der Waals surface area contributed by atoms with Gasteiger partial charge in [0.15, 0.2) is 0 Å². The summed E-state index contributed by atoms with van der Waals surface area (Å²) in [6.45, 7) is 1.68. The highest BCUT2D eigenvalue weighted by atomic mass is 79.9. The molecular weight excluding hydrogens is 384 g/mol. The summed E-state index contributed by atoms with van der Waals surface area (Å²) in [4.78, 5) is 5.71. The molecular formula is C19H19BrN2OS. The highest BCUT2D eigenvalue weighted by Gasteiger charge is 2.05. The van der Waals surface area contributed by atoms with Gasteiger partial charge in [-0.05, 0) is 42.3 Å². The van der Waals surface area contributed by atoms with Gasteiger partial charge in [0.25, 0.3) is 0 Å². The molecule has 2 aromatic carbocycles. The van der Waals surface area contributed by atoms with Crippen molar-refractivity contribution in [1.82, 2.24) is 10.3 Å². The van der Waals surface area contributed by atoms with Gasteiger partial charge in [-0.3, -0.25) is 0 Å². The molecule has 3 nitrogen and oxygen atoms in total. The van der Waals surface area contributed by atoms with Crippen LogP contribution in [0.5, 0.6) is 5.75 Å². The molecule has 5 heteroatoms. The number of hydrogen-bond donors (Lipinski definition) is 1. The van der Waals surface area contributed by atoms with Crippen LogP contribution in [0.25, 0.3) is 10.4 Å². The molecule has 0 saturated heterocycles. The Balaban J connectivity index is 1.53. The van der Waals surface area contributed by atoms with Crippen LogP contribution >= 0.6 is 27.3 Å². The van der Waals surface area contributed by atoms with E-state index in [1.165, 1.54) is 16.0 Å². The standard InChI is InChI=1S/C19H19BrN2OS/c1-23-17-8-3-2-5-14(17)9-10-21-13-19-22-12-18(24-19)15-6-4-7-16(20)11-15/h2-8,11-12,21H,9-10,13H2,1H3. The zero-order chi connectivity index (χ0) is 16.8. The Hall–Kier alpha value is -1.69. The van der Waals surface area contributed by atoms with Gasteiger partial charge in [0.1, 0.15) is 10.8 Å². The van der Waals surface area contributed by atoms with Crippen LogP contribution in [0.2, 0.25) is 0 Å². The summed E-state index contributed by atoms with van der Waals surface area (Å²) in [6, 6.07) is 16.5. The minimum atomic E-state index is 0.786. The van der Waals surface area contributed by atoms with E-state index in [2.05, 4.69) is 44.4 Å². The normalized spacial score (nSPS) is 10.8. The van der Waals surface area contributed by atoms with Gasteiger partial charge in [-0.25, -0.2) is 4.98 Å². The van der Waals surface area contributed by atoms with Crippen LogP contribution in [0.1, 0.15) is 10.6 Å². The molecule has 0 saturated carbocycles. The van der Waals surface area contributed by atoms with Crippen molar-refractivity contribution >= 4 is 27.3 Å². The van der Waals surface area contributed by atoms with E-state index in [1.807, 2.05) is 36.5 Å². The van der Waals surface area contributed by atoms with Crippen molar-refractivity contribution in [2.24, 2.45) is 0 Å². The first-order chi connectivity index (χ1) is 11.8. The Labute approximate surface area is 154 Å². The topological polar surface area (TPSA) is 34.1 Å². The highest BCUT2D eigenvalue weighted by molar-refractivity contribution is 9.10. The summed E-state index contributed by atoms with van der Waals surface area (Å²) >= 11 is 5.24. The number of aromatic nitrogens is 1. The molecule has 1 aromatic heterocycles. The van der Waals surface area contributed by atoms with E-state index in [-0.39, 0.29) is 0 Å². The first-order valence-corrected chi connectivity index (χ1v) is 9.40. The summed E-state index contributed by atoms with van der Waals surface area (Å²) < 4.78 is 6.47. The van der Waals surface area contributed by atoms with Gasteiger partial charge in [0, 0.05) is 17.2 Å². The number of rotatable bonds is 7. The SMILES string of the molecule is COc1ccccc1CCNCc1ncc(-c2cccc(Br)c2)s1. The Morgan fingerprint density at radius 3 is 2.88 bits per heavy atom. The van der Waals surface area contributed by atoms with Gasteiger partial charge < -0.3 is 10.1 Å². The van der Waals surface area contributed by atoms with Crippen LogP contribution in [0.15, 0.2) is 59.2 Å². The van der Waals surface area contributed by atoms with Crippen LogP contribution in [0.4, 0.5) is 0 Å². The smallest absolute Gasteiger partial charge is 0.122 e. The molecule has 3 aromatic rings. The predicted octanol–water partition coefficient (Wildman–Crippen LogP) is 4.91. The molecule has 0 radical (unpaired) electrons. The predicted molar refractivity (Wildman–Crippen MR) is 104 cm³/mol. The molecule has 0 spiro atoms. The van der Waals surface area contributed by atoms with E-state index >= 15 is 0 Å². The Morgan fingerprint density at radius 1 is 1.17 bits per heavy atom. The molecule has 1 heterocycles. The average Bonchev–Trinajstić information content (AvgIpc) is 3.08. The van der Waals surface area contributed by atoms with Crippen molar-refractivity contribution < 1.29 is 4.74 Å². The minimum absolute atomic E-state index is 0.786. The number of nitrogens with zero attached hydrogens (tertiary/aromatic N) is 1. The second-order valence-electron chi connectivity index (χ2n) is 5.37. The fourth-order valence-electron chi connectivity index (χ4n) is 2.50. The van der Waals surface area contributed by atoms with Gasteiger partial charge in [-0.2, -0.15) is 0 Å². The molecule has 0 unspecified atom stereocenters. The number of ether oxygens (including phenoxy) is 1. The second-order valence-corrected chi connectivity index (χ2v) is 7.40. The quantitative estimate of drug-likeness (QED) is 0.569. The Bertz CT molecular complexity index is 803. The molecule has 0 bridgehead atoms. The number of para-hydroxylation sites is 1. The van der Waals surface area contributed by atoms with E-state index in [0.717, 1.165) is 34.7 Å². The summed E-state index contributed by atoms with van der Waals surface area (Å²) in [7, 11) is 1.71. The molecule has 0 aliphatic rings. The van der Waals surface area contributed by atoms with Crippen molar-refractivity contribution in [2.45, 2.75) is 13.0 Å². The maximum Gasteiger partial charge on any atom is 0.122 e. The first kappa shape index (κ1) is 17.1. The Kier molecular flexibility index (Phi) is 6.01. The molecule has 0 aliphatic heterocycles. The van der Waals surface area contributed by atoms with E-state index in [9.17, 15) is 0 Å². The lowest BCUT2D eigenvalue weighted by Gasteiger charge is -2.08. The molecule has 0 amide bonds. The zero-order valence-corrected chi connectivity index (χ0v) is 15.9. The summed E-state index contributed by atoms with van der Waals surface area (Å²) in [5.74, 6) is 0.950. The van der Waals surface area contributed by atoms with Crippen LogP contribution < -0.4 is 10.1 Å². The van der Waals surface area contributed by atoms with Gasteiger partial charge in [0.05, 0.1) is 12.0 Å². The monoisotopic (exact) mass is 402 g/mol. The molecule has 1 N–H and O–H groups in total. The van der Waals surface area contributed by atoms with Crippen molar-refractivity contribution in [3.05, 3.63) is 69.8 Å². The summed E-state index contributed by atoms with van der Waals surface area (Å²) in [5, 5.41) is 4.56. The summed E-state index contributed by atoms with van der Waals surface area (Å²) in [6.07, 6.45) is 2.89. The van der Waals surface area contributed by atoms with Crippen molar-refractivity contribution in [1.29, 1.82) is 0 Å². The third kappa shape index (κ3) is 4.44. The fraction of sp³-hybridized carbons (Fsp3) is 0.211. The lowest BCUT2D eigenvalue weighted by molar-refractivity contribution is 0.409. The van der Waals surface area contributed by atoms with Gasteiger partial charge in [-0.15, -0.1) is 11.3 Å². The van der Waals surface area contributed by atoms with Crippen molar-refractivity contribution in [2.75, 3.05) is 13.7 Å². The molecule has 3 rings (SSSR count). The zero-order valence-electron chi connectivity index (χ0n) is 13.5. The van der Waals surface area contributed by atoms with E-state index < -0.39 is 0 Å². The minimum Gasteiger partial charge on any atom is -0.496 e. The number of methoxy groups -OCH3 is 1. The fourth-order valence-corrected chi connectivity index (χ4v) is 3.78. The van der Waals surface area contributed by atoms with E-state index in [1.54, 1.807) is 18.4 Å². The number of thiazole rings is 1. The molecule has 24 heavy (non-hydrogen) atoms. The van der Waals surface area contributed by atoms with E-state index in [0.29, 0.717) is 0 Å². The Morgan fingerprint density at radius 2 is 2.04 bits per heavy atom. The van der Waals surface area contributed by atoms with Crippen LogP contribution in [0, 0.1) is 0 Å². The lowest BCUT2D eigenvalue weighted by atomic mass is 10.1. The lowest BCUT2D eigenvalue weighted by Crippen LogP contribution is -2.16. The third-order valence-corrected chi connectivity index (χ3v) is 5.24. The van der Waals surface area contributed by atoms with Crippen molar-refractivity contribution in [3.8, 4) is 16.2 Å². The first-order valence-electron chi connectivity index (χ1n) is 7.79.